The van der Waals surface area contributed by atoms with E-state index in [1.54, 1.807) is 0 Å². The molecule has 1 fully saturated rings. The number of imidazole rings is 1. The smallest absolute Gasteiger partial charge is 0.851 e. The van der Waals surface area contributed by atoms with Gasteiger partial charge in [0, 0.05) is 0 Å². The SMILES string of the molecule is Nc1ncnc2c1ncn2C1OC(COP(=O)(O)OP(=O)(O)OP(=O)(O)O)C([O-])C1[O-].[Na+]. The molecule has 0 aliphatic carbocycles. The fourth-order valence-corrected chi connectivity index (χ4v) is 5.62. The number of hydrogen-bond acceptors (Lipinski definition) is 13. The molecule has 174 valence electrons. The number of phosphoric acid groups is 3. The van der Waals surface area contributed by atoms with Crippen molar-refractivity contribution in [3.63, 3.8) is 0 Å². The fraction of sp³-hybridized carbons (Fsp3) is 0.500. The van der Waals surface area contributed by atoms with Gasteiger partial charge in [-0.15, -0.1) is 6.10 Å². The van der Waals surface area contributed by atoms with Gasteiger partial charge in [-0.25, -0.2) is 28.6 Å². The van der Waals surface area contributed by atoms with Crippen molar-refractivity contribution in [2.24, 2.45) is 0 Å². The number of nitrogens with two attached hydrogens (primary N) is 1. The van der Waals surface area contributed by atoms with Gasteiger partial charge in [0.05, 0.1) is 19.0 Å². The predicted octanol–water partition coefficient (Wildman–Crippen LogP) is -5.89. The number of aromatic nitrogens is 4. The Morgan fingerprint density at radius 1 is 1.06 bits per heavy atom. The second-order valence-corrected chi connectivity index (χ2v) is 10.4. The largest absolute Gasteiger partial charge is 1.00 e. The summed E-state index contributed by atoms with van der Waals surface area (Å²) in [7, 11) is -16.8. The third-order valence-electron chi connectivity index (χ3n) is 3.76. The second-order valence-electron chi connectivity index (χ2n) is 5.96. The predicted molar refractivity (Wildman–Crippen MR) is 91.0 cm³/mol. The van der Waals surface area contributed by atoms with E-state index in [9.17, 15) is 28.8 Å². The van der Waals surface area contributed by atoms with Crippen LogP contribution < -0.4 is 45.5 Å². The molecule has 6 N–H and O–H groups in total. The van der Waals surface area contributed by atoms with Crippen molar-refractivity contribution >= 4 is 40.4 Å². The topological polar surface area (TPSA) is 285 Å². The molecule has 1 saturated heterocycles. The standard InChI is InChI=1S/C10H14N5O13P3.Na/c11-8-5-9(13-2-12-8)15(3-14-5)10-7(17)6(16)4(26-10)1-25-30(21,22)28-31(23,24)27-29(18,19)20;/h2-4,6-7,10H,1H2,(H,21,22)(H,23,24)(H2,11,12,13)(H2,18,19,20);/q-2;+1. The van der Waals surface area contributed by atoms with Gasteiger partial charge in [0.25, 0.3) is 0 Å². The molecule has 6 atom stereocenters. The normalized spacial score (nSPS) is 27.6. The molecule has 6 unspecified atom stereocenters. The minimum Gasteiger partial charge on any atom is -0.851 e. The van der Waals surface area contributed by atoms with Crippen LogP contribution in [-0.2, 0) is 31.6 Å². The van der Waals surface area contributed by atoms with Gasteiger partial charge in [-0.3, -0.25) is 9.09 Å². The van der Waals surface area contributed by atoms with Crippen LogP contribution in [0.25, 0.3) is 11.2 Å². The molecule has 2 aromatic heterocycles. The zero-order chi connectivity index (χ0) is 23.2. The Bertz CT molecular complexity index is 1110. The van der Waals surface area contributed by atoms with Crippen LogP contribution in [0.15, 0.2) is 12.7 Å². The molecule has 3 rings (SSSR count). The van der Waals surface area contributed by atoms with Crippen LogP contribution >= 0.6 is 23.5 Å². The molecule has 18 nitrogen and oxygen atoms in total. The van der Waals surface area contributed by atoms with E-state index in [1.807, 2.05) is 0 Å². The van der Waals surface area contributed by atoms with Crippen molar-refractivity contribution < 1.29 is 90.9 Å². The maximum atomic E-state index is 12.4. The van der Waals surface area contributed by atoms with Crippen LogP contribution in [0.2, 0.25) is 0 Å². The average molecular weight is 528 g/mol. The molecule has 0 spiro atoms. The minimum atomic E-state index is -5.73. The van der Waals surface area contributed by atoms with Gasteiger partial charge in [0.15, 0.2) is 11.5 Å². The van der Waals surface area contributed by atoms with Crippen molar-refractivity contribution in [1.82, 2.24) is 19.5 Å². The Labute approximate surface area is 200 Å². The maximum Gasteiger partial charge on any atom is 1.00 e. The van der Waals surface area contributed by atoms with Crippen molar-refractivity contribution in [2.45, 2.75) is 24.5 Å². The molecule has 0 aromatic carbocycles. The zero-order valence-corrected chi connectivity index (χ0v) is 20.5. The quantitative estimate of drug-likeness (QED) is 0.157. The summed E-state index contributed by atoms with van der Waals surface area (Å²) >= 11 is 0. The molecular weight excluding hydrogens is 514 g/mol. The molecule has 0 bridgehead atoms. The second kappa shape index (κ2) is 10.1. The summed E-state index contributed by atoms with van der Waals surface area (Å²) in [5.74, 6) is 0.00655. The van der Waals surface area contributed by atoms with E-state index < -0.39 is 54.6 Å². The average Bonchev–Trinajstić information content (AvgIpc) is 3.13. The molecule has 2 aromatic rings. The minimum absolute atomic E-state index is 0. The van der Waals surface area contributed by atoms with Gasteiger partial charge in [-0.05, 0) is 0 Å². The number of ether oxygens (including phenoxy) is 1. The maximum absolute atomic E-state index is 12.4. The molecule has 22 heteroatoms. The number of nitrogens with zero attached hydrogens (tertiary/aromatic N) is 4. The third kappa shape index (κ3) is 6.61. The first-order valence-electron chi connectivity index (χ1n) is 7.87. The van der Waals surface area contributed by atoms with Crippen molar-refractivity contribution in [2.75, 3.05) is 12.3 Å². The number of rotatable bonds is 8. The summed E-state index contributed by atoms with van der Waals surface area (Å²) in [6.07, 6.45) is -4.86. The van der Waals surface area contributed by atoms with E-state index in [2.05, 4.69) is 28.1 Å². The molecule has 1 aliphatic rings. The summed E-state index contributed by atoms with van der Waals surface area (Å²) in [6.45, 7) is -1.06. The number of hydrogen-bond donors (Lipinski definition) is 5. The summed E-state index contributed by atoms with van der Waals surface area (Å²) in [6, 6.07) is 0. The van der Waals surface area contributed by atoms with Gasteiger partial charge in [-0.2, -0.15) is 8.62 Å². The van der Waals surface area contributed by atoms with E-state index in [0.717, 1.165) is 17.2 Å². The van der Waals surface area contributed by atoms with Crippen LogP contribution in [0.1, 0.15) is 6.23 Å². The van der Waals surface area contributed by atoms with Crippen LogP contribution in [0.5, 0.6) is 0 Å². The van der Waals surface area contributed by atoms with Crippen molar-refractivity contribution in [3.05, 3.63) is 12.7 Å². The third-order valence-corrected chi connectivity index (χ3v) is 7.57. The van der Waals surface area contributed by atoms with E-state index in [0.29, 0.717) is 0 Å². The van der Waals surface area contributed by atoms with Crippen LogP contribution in [0.4, 0.5) is 5.82 Å². The molecule has 32 heavy (non-hydrogen) atoms. The fourth-order valence-electron chi connectivity index (χ4n) is 2.59. The Kier molecular flexibility index (Phi) is 8.80. The summed E-state index contributed by atoms with van der Waals surface area (Å²) in [5.41, 5.74) is 5.86. The number of anilines is 1. The first-order chi connectivity index (χ1) is 14.2. The van der Waals surface area contributed by atoms with E-state index in [4.69, 9.17) is 25.2 Å². The Morgan fingerprint density at radius 3 is 2.34 bits per heavy atom. The summed E-state index contributed by atoms with van der Waals surface area (Å²) in [5, 5.41) is 24.6. The molecule has 0 amide bonds. The van der Waals surface area contributed by atoms with Crippen molar-refractivity contribution in [3.8, 4) is 0 Å². The summed E-state index contributed by atoms with van der Waals surface area (Å²) in [4.78, 5) is 47.0. The molecule has 1 aliphatic heterocycles. The van der Waals surface area contributed by atoms with Crippen LogP contribution in [-0.4, -0.2) is 64.0 Å². The van der Waals surface area contributed by atoms with E-state index in [-0.39, 0.29) is 46.5 Å². The Morgan fingerprint density at radius 2 is 1.72 bits per heavy atom. The number of phosphoric ester groups is 1. The van der Waals surface area contributed by atoms with Gasteiger partial charge in [-0.1, -0.05) is 6.10 Å². The monoisotopic (exact) mass is 528 g/mol. The van der Waals surface area contributed by atoms with E-state index >= 15 is 0 Å². The first kappa shape index (κ1) is 27.9. The number of nitrogen functional groups attached to an aromatic ring is 1. The molecule has 3 heterocycles. The van der Waals surface area contributed by atoms with E-state index in [1.165, 1.54) is 0 Å². The Hall–Kier alpha value is -0.360. The van der Waals surface area contributed by atoms with Crippen LogP contribution in [0, 0.1) is 0 Å². The first-order valence-corrected chi connectivity index (χ1v) is 12.4. The molecular formula is C10H14N5NaO13P3-. The van der Waals surface area contributed by atoms with Crippen molar-refractivity contribution in [1.29, 1.82) is 0 Å². The van der Waals surface area contributed by atoms with Gasteiger partial charge < -0.3 is 40.3 Å². The summed E-state index contributed by atoms with van der Waals surface area (Å²) < 4.78 is 51.5. The Balaban J connectivity index is 0.00000363. The number of fused-ring (bicyclic) bond motifs is 1. The molecule has 0 saturated carbocycles. The van der Waals surface area contributed by atoms with Gasteiger partial charge >= 0.3 is 53.0 Å². The zero-order valence-electron chi connectivity index (χ0n) is 15.8. The van der Waals surface area contributed by atoms with Gasteiger partial charge in [0.2, 0.25) is 0 Å². The van der Waals surface area contributed by atoms with Gasteiger partial charge in [0.1, 0.15) is 18.1 Å². The molecule has 0 radical (unpaired) electrons. The van der Waals surface area contributed by atoms with Crippen LogP contribution in [0.3, 0.4) is 0 Å².